The van der Waals surface area contributed by atoms with Gasteiger partial charge in [-0.3, -0.25) is 4.79 Å². The zero-order valence-corrected chi connectivity index (χ0v) is 11.4. The first kappa shape index (κ1) is 13.6. The summed E-state index contributed by atoms with van der Waals surface area (Å²) in [6.45, 7) is 3.87. The molecule has 100 valence electrons. The van der Waals surface area contributed by atoms with Crippen LogP contribution in [0.1, 0.15) is 26.7 Å². The summed E-state index contributed by atoms with van der Waals surface area (Å²) in [5, 5.41) is 5.18. The molecule has 19 heavy (non-hydrogen) atoms. The lowest BCUT2D eigenvalue weighted by molar-refractivity contribution is -0.121. The largest absolute Gasteiger partial charge is 0.324 e. The summed E-state index contributed by atoms with van der Waals surface area (Å²) in [4.78, 5) is 12.2. The van der Waals surface area contributed by atoms with E-state index in [-0.39, 0.29) is 5.91 Å². The topological polar surface area (TPSA) is 55.1 Å². The molecule has 0 fully saturated rings. The number of benzene rings is 2. The first-order chi connectivity index (χ1) is 9.09. The van der Waals surface area contributed by atoms with Gasteiger partial charge in [-0.05, 0) is 35.7 Å². The van der Waals surface area contributed by atoms with Crippen molar-refractivity contribution in [3.8, 4) is 0 Å². The summed E-state index contributed by atoms with van der Waals surface area (Å²) in [7, 11) is 0. The third kappa shape index (κ3) is 2.76. The van der Waals surface area contributed by atoms with Gasteiger partial charge in [0.25, 0.3) is 0 Å². The summed E-state index contributed by atoms with van der Waals surface area (Å²) in [6.07, 6.45) is 1.26. The Bertz CT molecular complexity index is 588. The number of nitrogens with one attached hydrogen (secondary N) is 1. The minimum absolute atomic E-state index is 0.118. The zero-order chi connectivity index (χ0) is 13.9. The van der Waals surface area contributed by atoms with Crippen LogP contribution in [0, 0.1) is 0 Å². The Morgan fingerprint density at radius 3 is 2.37 bits per heavy atom. The SMILES string of the molecule is CCC(N)(CC)C(=O)Nc1ccc2ccccc2c1. The van der Waals surface area contributed by atoms with Gasteiger partial charge in [0, 0.05) is 5.69 Å². The molecule has 0 saturated heterocycles. The molecular weight excluding hydrogens is 236 g/mol. The summed E-state index contributed by atoms with van der Waals surface area (Å²) in [5.41, 5.74) is 6.09. The van der Waals surface area contributed by atoms with E-state index < -0.39 is 5.54 Å². The monoisotopic (exact) mass is 256 g/mol. The van der Waals surface area contributed by atoms with Crippen molar-refractivity contribution in [1.29, 1.82) is 0 Å². The molecule has 1 amide bonds. The maximum Gasteiger partial charge on any atom is 0.244 e. The van der Waals surface area contributed by atoms with Crippen molar-refractivity contribution in [3.63, 3.8) is 0 Å². The molecule has 0 saturated carbocycles. The molecule has 3 heteroatoms. The van der Waals surface area contributed by atoms with Crippen molar-refractivity contribution in [2.24, 2.45) is 5.73 Å². The molecule has 0 aromatic heterocycles. The molecule has 0 aliphatic carbocycles. The highest BCUT2D eigenvalue weighted by Crippen LogP contribution is 2.21. The highest BCUT2D eigenvalue weighted by atomic mass is 16.2. The number of fused-ring (bicyclic) bond motifs is 1. The summed E-state index contributed by atoms with van der Waals surface area (Å²) in [5.74, 6) is -0.118. The number of hydrogen-bond donors (Lipinski definition) is 2. The highest BCUT2D eigenvalue weighted by Gasteiger charge is 2.29. The van der Waals surface area contributed by atoms with Gasteiger partial charge in [-0.15, -0.1) is 0 Å². The molecule has 0 atom stereocenters. The van der Waals surface area contributed by atoms with Crippen LogP contribution in [0.5, 0.6) is 0 Å². The van der Waals surface area contributed by atoms with Crippen LogP contribution in [0.2, 0.25) is 0 Å². The van der Waals surface area contributed by atoms with E-state index in [2.05, 4.69) is 5.32 Å². The summed E-state index contributed by atoms with van der Waals surface area (Å²) in [6, 6.07) is 13.9. The van der Waals surface area contributed by atoms with Gasteiger partial charge in [-0.2, -0.15) is 0 Å². The van der Waals surface area contributed by atoms with Crippen molar-refractivity contribution < 1.29 is 4.79 Å². The fourth-order valence-corrected chi connectivity index (χ4v) is 2.09. The second-order valence-corrected chi connectivity index (χ2v) is 4.88. The van der Waals surface area contributed by atoms with Crippen LogP contribution in [0.3, 0.4) is 0 Å². The Morgan fingerprint density at radius 2 is 1.74 bits per heavy atom. The van der Waals surface area contributed by atoms with Crippen LogP contribution < -0.4 is 11.1 Å². The Labute approximate surface area is 113 Å². The van der Waals surface area contributed by atoms with Gasteiger partial charge in [0.2, 0.25) is 5.91 Å². The van der Waals surface area contributed by atoms with E-state index in [0.717, 1.165) is 16.5 Å². The average Bonchev–Trinajstić information content (AvgIpc) is 2.46. The molecule has 0 radical (unpaired) electrons. The highest BCUT2D eigenvalue weighted by molar-refractivity contribution is 5.99. The molecule has 2 aromatic carbocycles. The lowest BCUT2D eigenvalue weighted by atomic mass is 9.93. The molecule has 0 heterocycles. The number of amides is 1. The first-order valence-corrected chi connectivity index (χ1v) is 6.68. The predicted octanol–water partition coefficient (Wildman–Crippen LogP) is 3.30. The van der Waals surface area contributed by atoms with Crippen molar-refractivity contribution >= 4 is 22.4 Å². The summed E-state index contributed by atoms with van der Waals surface area (Å²) >= 11 is 0. The number of hydrogen-bond acceptors (Lipinski definition) is 2. The molecule has 2 rings (SSSR count). The van der Waals surface area contributed by atoms with Crippen molar-refractivity contribution in [2.75, 3.05) is 5.32 Å². The second-order valence-electron chi connectivity index (χ2n) is 4.88. The third-order valence-corrected chi connectivity index (χ3v) is 3.72. The number of carbonyl (C=O) groups excluding carboxylic acids is 1. The normalized spacial score (nSPS) is 11.5. The first-order valence-electron chi connectivity index (χ1n) is 6.68. The van der Waals surface area contributed by atoms with Crippen LogP contribution in [-0.4, -0.2) is 11.4 Å². The standard InChI is InChI=1S/C16H20N2O/c1-3-16(17,4-2)15(19)18-14-10-9-12-7-5-6-8-13(12)11-14/h5-11H,3-4,17H2,1-2H3,(H,18,19). The second kappa shape index (κ2) is 5.41. The number of anilines is 1. The minimum Gasteiger partial charge on any atom is -0.324 e. The van der Waals surface area contributed by atoms with E-state index in [1.807, 2.05) is 56.3 Å². The Hall–Kier alpha value is -1.87. The Kier molecular flexibility index (Phi) is 3.86. The van der Waals surface area contributed by atoms with Gasteiger partial charge >= 0.3 is 0 Å². The average molecular weight is 256 g/mol. The smallest absolute Gasteiger partial charge is 0.244 e. The molecule has 0 spiro atoms. The van der Waals surface area contributed by atoms with Crippen LogP contribution in [-0.2, 0) is 4.79 Å². The quantitative estimate of drug-likeness (QED) is 0.882. The van der Waals surface area contributed by atoms with Crippen LogP contribution >= 0.6 is 0 Å². The lowest BCUT2D eigenvalue weighted by Gasteiger charge is -2.25. The lowest BCUT2D eigenvalue weighted by Crippen LogP contribution is -2.50. The Balaban J connectivity index is 2.24. The maximum atomic E-state index is 12.2. The van der Waals surface area contributed by atoms with Gasteiger partial charge in [-0.25, -0.2) is 0 Å². The molecule has 0 aliphatic heterocycles. The van der Waals surface area contributed by atoms with Crippen LogP contribution in [0.25, 0.3) is 10.8 Å². The van der Waals surface area contributed by atoms with Crippen LogP contribution in [0.15, 0.2) is 42.5 Å². The van der Waals surface area contributed by atoms with E-state index in [0.29, 0.717) is 12.8 Å². The van der Waals surface area contributed by atoms with Gasteiger partial charge in [-0.1, -0.05) is 44.2 Å². The van der Waals surface area contributed by atoms with Crippen LogP contribution in [0.4, 0.5) is 5.69 Å². The maximum absolute atomic E-state index is 12.2. The van der Waals surface area contributed by atoms with Gasteiger partial charge < -0.3 is 11.1 Å². The fraction of sp³-hybridized carbons (Fsp3) is 0.312. The van der Waals surface area contributed by atoms with E-state index in [1.165, 1.54) is 0 Å². The van der Waals surface area contributed by atoms with Crippen molar-refractivity contribution in [3.05, 3.63) is 42.5 Å². The third-order valence-electron chi connectivity index (χ3n) is 3.72. The van der Waals surface area contributed by atoms with Gasteiger partial charge in [0.1, 0.15) is 0 Å². The Morgan fingerprint density at radius 1 is 1.11 bits per heavy atom. The molecule has 0 unspecified atom stereocenters. The number of nitrogens with two attached hydrogens (primary N) is 1. The van der Waals surface area contributed by atoms with Crippen molar-refractivity contribution in [2.45, 2.75) is 32.2 Å². The molecular formula is C16H20N2O. The molecule has 3 nitrogen and oxygen atoms in total. The van der Waals surface area contributed by atoms with E-state index in [9.17, 15) is 4.79 Å². The summed E-state index contributed by atoms with van der Waals surface area (Å²) < 4.78 is 0. The van der Waals surface area contributed by atoms with E-state index in [1.54, 1.807) is 0 Å². The molecule has 0 bridgehead atoms. The fourth-order valence-electron chi connectivity index (χ4n) is 2.09. The number of carbonyl (C=O) groups is 1. The van der Waals surface area contributed by atoms with E-state index >= 15 is 0 Å². The van der Waals surface area contributed by atoms with Gasteiger partial charge in [0.05, 0.1) is 5.54 Å². The zero-order valence-electron chi connectivity index (χ0n) is 11.4. The van der Waals surface area contributed by atoms with Gasteiger partial charge in [0.15, 0.2) is 0 Å². The molecule has 2 aromatic rings. The van der Waals surface area contributed by atoms with Crippen molar-refractivity contribution in [1.82, 2.24) is 0 Å². The number of rotatable bonds is 4. The minimum atomic E-state index is -0.786. The predicted molar refractivity (Wildman–Crippen MR) is 80.1 cm³/mol. The van der Waals surface area contributed by atoms with E-state index in [4.69, 9.17) is 5.73 Å². The molecule has 0 aliphatic rings. The molecule has 3 N–H and O–H groups in total.